The molecular formula is C88H173N15O17. The van der Waals surface area contributed by atoms with Gasteiger partial charge in [-0.25, -0.2) is 14.4 Å². The summed E-state index contributed by atoms with van der Waals surface area (Å²) in [6, 6.07) is 3.97. The molecule has 1 aromatic heterocycles. The predicted octanol–water partition coefficient (Wildman–Crippen LogP) is 11.4. The number of aromatic nitrogens is 1. The average Bonchev–Trinajstić information content (AvgIpc) is 0.862. The smallest absolute Gasteiger partial charge is 0.410 e. The molecule has 3 saturated heterocycles. The summed E-state index contributed by atoms with van der Waals surface area (Å²) < 4.78 is 25.4. The van der Waals surface area contributed by atoms with E-state index in [4.69, 9.17) is 29.4 Å². The van der Waals surface area contributed by atoms with Crippen molar-refractivity contribution in [2.24, 2.45) is 23.5 Å². The van der Waals surface area contributed by atoms with E-state index in [1.807, 2.05) is 174 Å². The number of nitrogens with two attached hydrogens (primary N) is 1. The zero-order valence-electron chi connectivity index (χ0n) is 80.8. The second kappa shape index (κ2) is 72.5. The first-order chi connectivity index (χ1) is 55.8. The van der Waals surface area contributed by atoms with Crippen LogP contribution >= 0.6 is 0 Å². The molecule has 4 aliphatic rings. The van der Waals surface area contributed by atoms with E-state index in [0.717, 1.165) is 69.9 Å². The van der Waals surface area contributed by atoms with Gasteiger partial charge in [0.1, 0.15) is 28.2 Å². The van der Waals surface area contributed by atoms with Crippen LogP contribution in [0, 0.1) is 24.7 Å². The van der Waals surface area contributed by atoms with E-state index < -0.39 is 22.9 Å². The van der Waals surface area contributed by atoms with Crippen LogP contribution in [-0.2, 0) is 68.6 Å². The molecule has 9 N–H and O–H groups in total. The zero-order valence-corrected chi connectivity index (χ0v) is 80.8. The monoisotopic (exact) mass is 1710 g/mol. The van der Waals surface area contributed by atoms with Crippen molar-refractivity contribution in [2.45, 2.75) is 292 Å². The molecule has 32 nitrogen and oxygen atoms in total. The van der Waals surface area contributed by atoms with Gasteiger partial charge in [-0.15, -0.1) is 0 Å². The Morgan fingerprint density at radius 3 is 1.30 bits per heavy atom. The van der Waals surface area contributed by atoms with E-state index in [2.05, 4.69) is 43.5 Å². The van der Waals surface area contributed by atoms with Crippen LogP contribution in [0.25, 0.3) is 0 Å². The van der Waals surface area contributed by atoms with Crippen molar-refractivity contribution in [2.75, 3.05) is 153 Å². The van der Waals surface area contributed by atoms with Crippen LogP contribution in [0.15, 0.2) is 24.4 Å². The Morgan fingerprint density at radius 2 is 0.917 bits per heavy atom. The molecule has 0 aromatic carbocycles. The minimum absolute atomic E-state index is 0.00360. The van der Waals surface area contributed by atoms with Crippen LogP contribution in [0.4, 0.5) is 14.4 Å². The van der Waals surface area contributed by atoms with E-state index >= 15 is 0 Å². The van der Waals surface area contributed by atoms with E-state index in [-0.39, 0.29) is 83.1 Å². The number of amides is 11. The Morgan fingerprint density at radius 1 is 0.508 bits per heavy atom. The first-order valence-electron chi connectivity index (χ1n) is 43.2. The number of likely N-dealkylation sites (tertiary alicyclic amines) is 2. The maximum atomic E-state index is 11.9. The number of likely N-dealkylation sites (N-methyl/N-ethyl adjacent to an activating group) is 1. The highest BCUT2D eigenvalue weighted by molar-refractivity contribution is 5.80. The standard InChI is InChI=1S/C14H26N2O3.C13H24N2O3.C10H20N2O3.C10H14N2O2.C9H17NO.C8H17NO3.C8H15NO.C6H14N2O.C6H14N2.2C2H6/c1-10(2)12(17)15-11-6-8-16(9-7-11)13(18)19-14(3,4)5;1-10(2)11(16)14-6-8-15(9-7-14)12(17)18-13(3,4)5;1-8(13)11-6-5-7-12-9(14)15-10(2,3)4;1-7-4-5-10(14)9(11-7)6-12(3)8(2)13;1-8(2)9(11)10-6-4-3-5-7-10;1-8(10)9(4-6-11-2)5-7-12-3;1-7(10)9-8-5-3-2-4-6-8;1-6(9)7-4-5-8(2)3;1-6(2)8-5-3-4-7;2*1-2/h10-11H,6-9H2,1-5H3,(H,15,17);10H,6-9H2,1-5H3;5-7H2,1-4H3,(H,11,13)(H,12,14);4-5,14H,6H2,1-3H3;8H,3-7H2,1-2H3;4-7H2,1-3H3;8H,2-6H2,1H3,(H,9,10);4-5H2,1-3H3,(H,7,9);8H,1,3-5,7H2,2H3;2*1-2H3. The van der Waals surface area contributed by atoms with Crippen molar-refractivity contribution >= 4 is 65.5 Å². The number of rotatable bonds is 24. The fourth-order valence-electron chi connectivity index (χ4n) is 10.3. The molecule has 1 saturated carbocycles. The number of carbonyl (C=O) groups excluding carboxylic acids is 11. The number of aromatic hydroxyl groups is 1. The first-order valence-corrected chi connectivity index (χ1v) is 43.2. The highest BCUT2D eigenvalue weighted by Gasteiger charge is 2.30. The average molecular weight is 1710 g/mol. The topological polar surface area (TPSA) is 388 Å². The van der Waals surface area contributed by atoms with Gasteiger partial charge in [0.05, 0.1) is 19.8 Å². The molecule has 11 amide bonds. The van der Waals surface area contributed by atoms with E-state index in [1.165, 1.54) is 77.0 Å². The lowest BCUT2D eigenvalue weighted by atomic mass is 9.95. The van der Waals surface area contributed by atoms with E-state index in [9.17, 15) is 57.8 Å². The number of alkyl carbamates (subject to hydrolysis) is 1. The Labute approximate surface area is 725 Å². The number of ether oxygens (including phenoxy) is 5. The maximum absolute atomic E-state index is 11.9. The Kier molecular flexibility index (Phi) is 74.2. The minimum atomic E-state index is -0.471. The van der Waals surface area contributed by atoms with E-state index in [0.29, 0.717) is 109 Å². The molecule has 1 aromatic rings. The second-order valence-electron chi connectivity index (χ2n) is 33.1. The van der Waals surface area contributed by atoms with Gasteiger partial charge in [0.15, 0.2) is 0 Å². The highest BCUT2D eigenvalue weighted by Crippen LogP contribution is 2.20. The fraction of sp³-hybridized carbons (Fsp3) is 0.795. The number of piperazine rings is 1. The van der Waals surface area contributed by atoms with Crippen LogP contribution in [0.3, 0.4) is 0 Å². The molecule has 0 spiro atoms. The van der Waals surface area contributed by atoms with Crippen LogP contribution in [0.5, 0.6) is 5.75 Å². The molecule has 4 fully saturated rings. The Hall–Kier alpha value is -8.10. The molecule has 32 heteroatoms. The summed E-state index contributed by atoms with van der Waals surface area (Å²) in [5.41, 5.74) is 6.22. The summed E-state index contributed by atoms with van der Waals surface area (Å²) in [4.78, 5) is 140. The van der Waals surface area contributed by atoms with Crippen molar-refractivity contribution < 1.29 is 81.5 Å². The predicted molar refractivity (Wildman–Crippen MR) is 482 cm³/mol. The number of pyridine rings is 1. The van der Waals surface area contributed by atoms with Crippen molar-refractivity contribution in [3.8, 4) is 5.75 Å². The number of hydrogen-bond acceptors (Lipinski definition) is 21. The molecule has 1 aliphatic carbocycles. The van der Waals surface area contributed by atoms with Gasteiger partial charge in [0, 0.05) is 195 Å². The largest absolute Gasteiger partial charge is 0.506 e. The molecule has 0 unspecified atom stereocenters. The lowest BCUT2D eigenvalue weighted by molar-refractivity contribution is -0.136. The van der Waals surface area contributed by atoms with Gasteiger partial charge in [0.25, 0.3) is 0 Å². The molecule has 120 heavy (non-hydrogen) atoms. The lowest BCUT2D eigenvalue weighted by Crippen LogP contribution is -2.52. The first kappa shape index (κ1) is 123. The molecule has 4 heterocycles. The number of hydrogen-bond donors (Lipinski definition) is 8. The highest BCUT2D eigenvalue weighted by atomic mass is 16.6. The summed E-state index contributed by atoms with van der Waals surface area (Å²) in [5, 5.41) is 26.4. The summed E-state index contributed by atoms with van der Waals surface area (Å²) in [6.45, 7) is 63.8. The number of aryl methyl sites for hydroxylation is 1. The van der Waals surface area contributed by atoms with Crippen LogP contribution < -0.4 is 37.6 Å². The molecule has 0 atom stereocenters. The zero-order chi connectivity index (χ0) is 93.9. The number of nitrogens with zero attached hydrogens (tertiary/aromatic N) is 8. The molecule has 3 aliphatic heterocycles. The van der Waals surface area contributed by atoms with Gasteiger partial charge in [-0.2, -0.15) is 0 Å². The van der Waals surface area contributed by atoms with Crippen molar-refractivity contribution in [1.82, 2.24) is 71.2 Å². The van der Waals surface area contributed by atoms with Gasteiger partial charge >= 0.3 is 18.3 Å². The molecule has 0 bridgehead atoms. The SMILES string of the molecule is C=C(C)NCCCN.CC.CC.CC(=O)N(C)Cc1nc(C)ccc1O.CC(=O)NC1CCCCC1.CC(=O)NCCCNC(=O)OC(C)(C)C.CC(=O)NCCN(C)C.CC(C)C(=O)N1CCCCC1.CC(C)C(=O)N1CCN(C(=O)OC(C)(C)C)CC1.CC(C)C(=O)NC1CCN(C(=O)OC(C)(C)C)CC1.COCCN(CCOC)C(C)=O. The van der Waals surface area contributed by atoms with E-state index in [1.54, 1.807) is 61.9 Å². The maximum Gasteiger partial charge on any atom is 0.410 e. The third kappa shape index (κ3) is 76.1. The molecule has 702 valence electrons. The normalized spacial score (nSPS) is 13.7. The van der Waals surface area contributed by atoms with Gasteiger partial charge in [0.2, 0.25) is 47.3 Å². The minimum Gasteiger partial charge on any atom is -0.506 e. The number of allylic oxidation sites excluding steroid dienone is 1. The summed E-state index contributed by atoms with van der Waals surface area (Å²) in [7, 11) is 8.86. The number of nitrogens with one attached hydrogen (secondary N) is 6. The molecular weight excluding hydrogens is 1540 g/mol. The number of piperidine rings is 2. The third-order valence-electron chi connectivity index (χ3n) is 16.7. The van der Waals surface area contributed by atoms with Gasteiger partial charge in [-0.1, -0.05) is 95.1 Å². The third-order valence-corrected chi connectivity index (χ3v) is 16.7. The lowest BCUT2D eigenvalue weighted by Gasteiger charge is -2.36. The summed E-state index contributed by atoms with van der Waals surface area (Å²) >= 11 is 0. The molecule has 0 radical (unpaired) electrons. The van der Waals surface area contributed by atoms with Gasteiger partial charge in [-0.05, 0) is 167 Å². The summed E-state index contributed by atoms with van der Waals surface area (Å²) in [5.74, 6) is 0.978. The van der Waals surface area contributed by atoms with Crippen LogP contribution in [-0.4, -0.2) is 292 Å². The fourth-order valence-corrected chi connectivity index (χ4v) is 10.3. The Balaban J connectivity index is -0.000000306. The van der Waals surface area contributed by atoms with Crippen LogP contribution in [0.1, 0.15) is 262 Å². The number of methoxy groups -OCH3 is 2. The van der Waals surface area contributed by atoms with Gasteiger partial charge in [-0.3, -0.25) is 43.3 Å². The quantitative estimate of drug-likeness (QED) is 0.0352. The van der Waals surface area contributed by atoms with Crippen molar-refractivity contribution in [3.63, 3.8) is 0 Å². The Bertz CT molecular complexity index is 2920. The second-order valence-corrected chi connectivity index (χ2v) is 33.1. The van der Waals surface area contributed by atoms with Crippen molar-refractivity contribution in [1.29, 1.82) is 0 Å². The van der Waals surface area contributed by atoms with Crippen LogP contribution in [0.2, 0.25) is 0 Å². The number of carbonyl (C=O) groups is 11. The molecule has 5 rings (SSSR count). The van der Waals surface area contributed by atoms with Gasteiger partial charge < -0.3 is 101 Å². The summed E-state index contributed by atoms with van der Waals surface area (Å²) in [6.07, 6.45) is 12.3. The van der Waals surface area contributed by atoms with Crippen molar-refractivity contribution in [3.05, 3.63) is 35.8 Å².